The number of rotatable bonds is 4. The van der Waals surface area contributed by atoms with Gasteiger partial charge in [-0.2, -0.15) is 0 Å². The second-order valence-electron chi connectivity index (χ2n) is 4.26. The first-order valence-electron chi connectivity index (χ1n) is 4.85. The number of alkyl halides is 1. The zero-order chi connectivity index (χ0) is 11.1. The van der Waals surface area contributed by atoms with Crippen molar-refractivity contribution in [2.45, 2.75) is 41.8 Å². The Morgan fingerprint density at radius 1 is 1.47 bits per heavy atom. The molecule has 0 aromatic rings. The molecule has 0 atom stereocenters. The first-order chi connectivity index (χ1) is 7.05. The van der Waals surface area contributed by atoms with Crippen molar-refractivity contribution in [3.63, 3.8) is 0 Å². The van der Waals surface area contributed by atoms with E-state index in [-0.39, 0.29) is 11.4 Å². The van der Waals surface area contributed by atoms with Gasteiger partial charge in [-0.3, -0.25) is 0 Å². The van der Waals surface area contributed by atoms with Crippen LogP contribution >= 0.6 is 23.7 Å². The molecule has 0 aliphatic heterocycles. The van der Waals surface area contributed by atoms with E-state index in [1.807, 2.05) is 0 Å². The maximum absolute atomic E-state index is 12.2. The van der Waals surface area contributed by atoms with E-state index in [2.05, 4.69) is 23.7 Å². The van der Waals surface area contributed by atoms with Crippen LogP contribution in [0.25, 0.3) is 0 Å². The Labute approximate surface area is 104 Å². The molecule has 2 rings (SSSR count). The van der Waals surface area contributed by atoms with Crippen molar-refractivity contribution in [1.29, 1.82) is 0 Å². The van der Waals surface area contributed by atoms with Crippen molar-refractivity contribution in [3.05, 3.63) is 0 Å². The molecule has 2 saturated carbocycles. The topological polar surface area (TPSA) is 43.4 Å². The molecular weight excluding hydrogens is 319 g/mol. The van der Waals surface area contributed by atoms with Gasteiger partial charge in [0, 0.05) is 0 Å². The Balaban J connectivity index is 1.99. The minimum atomic E-state index is -2.95. The Morgan fingerprint density at radius 2 is 2.07 bits per heavy atom. The zero-order valence-corrected chi connectivity index (χ0v) is 12.3. The summed E-state index contributed by atoms with van der Waals surface area (Å²) < 4.78 is 29.1. The van der Waals surface area contributed by atoms with E-state index in [1.165, 1.54) is 0 Å². The van der Waals surface area contributed by atoms with Gasteiger partial charge in [-0.1, -0.05) is 0 Å². The van der Waals surface area contributed by atoms with Crippen LogP contribution in [0, 0.1) is 0 Å². The molecular formula is C8H13BrO3PS2-. The monoisotopic (exact) mass is 331 g/mol. The van der Waals surface area contributed by atoms with Crippen molar-refractivity contribution in [2.75, 3.05) is 5.33 Å². The predicted molar refractivity (Wildman–Crippen MR) is 68.3 cm³/mol. The third-order valence-electron chi connectivity index (χ3n) is 3.34. The summed E-state index contributed by atoms with van der Waals surface area (Å²) in [5.74, 6) is 0. The van der Waals surface area contributed by atoms with Crippen molar-refractivity contribution in [3.8, 4) is 0 Å². The van der Waals surface area contributed by atoms with Gasteiger partial charge < -0.3 is 0 Å². The van der Waals surface area contributed by atoms with Crippen LogP contribution in [0.2, 0.25) is 0 Å². The fourth-order valence-corrected chi connectivity index (χ4v) is 6.60. The van der Waals surface area contributed by atoms with Crippen LogP contribution < -0.4 is 0 Å². The summed E-state index contributed by atoms with van der Waals surface area (Å²) in [5, 5.41) is 0.396. The van der Waals surface area contributed by atoms with Crippen molar-refractivity contribution in [1.82, 2.24) is 0 Å². The molecule has 2 aliphatic rings. The van der Waals surface area contributed by atoms with Gasteiger partial charge in [-0.25, -0.2) is 0 Å². The molecule has 15 heavy (non-hydrogen) atoms. The molecule has 2 aliphatic carbocycles. The molecule has 0 saturated heterocycles. The van der Waals surface area contributed by atoms with Crippen molar-refractivity contribution >= 4 is 44.6 Å². The van der Waals surface area contributed by atoms with E-state index in [0.717, 1.165) is 12.8 Å². The molecule has 0 bridgehead atoms. The molecule has 3 nitrogen and oxygen atoms in total. The summed E-state index contributed by atoms with van der Waals surface area (Å²) >= 11 is 3.90. The quantitative estimate of drug-likeness (QED) is 0.342. The molecule has 0 aromatic carbocycles. The van der Waals surface area contributed by atoms with Gasteiger partial charge in [0.1, 0.15) is 0 Å². The normalized spacial score (nSPS) is 33.3. The van der Waals surface area contributed by atoms with Crippen molar-refractivity contribution < 1.29 is 12.6 Å². The Hall–Kier alpha value is 1.17. The average molecular weight is 332 g/mol. The number of sulfone groups is 1. The summed E-state index contributed by atoms with van der Waals surface area (Å²) in [4.78, 5) is 0. The van der Waals surface area contributed by atoms with Gasteiger partial charge >= 0.3 is 104 Å². The van der Waals surface area contributed by atoms with E-state index in [9.17, 15) is 8.42 Å². The Kier molecular flexibility index (Phi) is 3.74. The Bertz CT molecular complexity index is 393. The second-order valence-corrected chi connectivity index (χ2v) is 8.31. The van der Waals surface area contributed by atoms with E-state index < -0.39 is 14.6 Å². The van der Waals surface area contributed by atoms with Crippen LogP contribution in [0.4, 0.5) is 0 Å². The van der Waals surface area contributed by atoms with Gasteiger partial charge in [0.25, 0.3) is 0 Å². The fourth-order valence-electron chi connectivity index (χ4n) is 1.91. The van der Waals surface area contributed by atoms with Gasteiger partial charge in [0.05, 0.1) is 0 Å². The number of halogens is 1. The van der Waals surface area contributed by atoms with Gasteiger partial charge in [-0.05, 0) is 0 Å². The van der Waals surface area contributed by atoms with E-state index >= 15 is 0 Å². The molecule has 2 fully saturated rings. The predicted octanol–water partition coefficient (Wildman–Crippen LogP) is 1.93. The maximum atomic E-state index is 12.2. The molecule has 0 aromatic heterocycles. The molecule has 0 spiro atoms. The van der Waals surface area contributed by atoms with Crippen LogP contribution in [0.3, 0.4) is 0 Å². The number of thiol groups is 1. The number of hydrogen-bond acceptors (Lipinski definition) is 4. The molecule has 0 unspecified atom stereocenters. The summed E-state index contributed by atoms with van der Waals surface area (Å²) in [6, 6.07) is 0. The van der Waals surface area contributed by atoms with Gasteiger partial charge in [-0.15, -0.1) is 0 Å². The number of hydrogen-bond donors (Lipinski definition) is 0. The fraction of sp³-hybridized carbons (Fsp3) is 1.00. The molecule has 0 heterocycles. The zero-order valence-electron chi connectivity index (χ0n) is 8.10. The third-order valence-corrected chi connectivity index (χ3v) is 8.48. The van der Waals surface area contributed by atoms with Crippen LogP contribution in [0.1, 0.15) is 25.7 Å². The summed E-state index contributed by atoms with van der Waals surface area (Å²) in [5.41, 5.74) is 0. The minimum absolute atomic E-state index is 0.0927. The molecule has 0 radical (unpaired) electrons. The van der Waals surface area contributed by atoms with Crippen LogP contribution in [-0.4, -0.2) is 29.8 Å². The SMILES string of the molecule is O=S(=O)(C1CC(O[SH-]#P)C1)C1(CBr)CC1. The molecule has 0 N–H and O–H groups in total. The van der Waals surface area contributed by atoms with Crippen LogP contribution in [0.15, 0.2) is 0 Å². The van der Waals surface area contributed by atoms with Gasteiger partial charge in [0.2, 0.25) is 0 Å². The Morgan fingerprint density at radius 3 is 2.47 bits per heavy atom. The molecule has 7 heteroatoms. The first-order valence-corrected chi connectivity index (χ1v) is 9.49. The first kappa shape index (κ1) is 12.6. The summed E-state index contributed by atoms with van der Waals surface area (Å²) in [6.07, 6.45) is 3.01. The third kappa shape index (κ3) is 2.13. The van der Waals surface area contributed by atoms with Crippen LogP contribution in [-0.2, 0) is 25.0 Å². The average Bonchev–Trinajstić information content (AvgIpc) is 2.90. The summed E-state index contributed by atoms with van der Waals surface area (Å²) in [7, 11) is 0.984. The van der Waals surface area contributed by atoms with Crippen molar-refractivity contribution in [2.24, 2.45) is 0 Å². The standard InChI is InChI=1S/C8H13BrO3PS2/c9-5-8(1-2-8)15(10,11)7-3-6(4-7)12-14-13/h6-7,14H,1-5H2/q-1. The second kappa shape index (κ2) is 4.45. The van der Waals surface area contributed by atoms with E-state index in [4.69, 9.17) is 4.18 Å². The van der Waals surface area contributed by atoms with Crippen LogP contribution in [0.5, 0.6) is 0 Å². The molecule has 88 valence electrons. The summed E-state index contributed by atoms with van der Waals surface area (Å²) in [6.45, 7) is 0. The van der Waals surface area contributed by atoms with E-state index in [0.29, 0.717) is 29.2 Å². The van der Waals surface area contributed by atoms with E-state index in [1.54, 1.807) is 0 Å². The van der Waals surface area contributed by atoms with Gasteiger partial charge in [0.15, 0.2) is 0 Å². The molecule has 0 amide bonds.